The van der Waals surface area contributed by atoms with Crippen molar-refractivity contribution < 1.29 is 4.79 Å². The standard InChI is InChI=1S/C26H29N7O2S/c1-31-11-15-13-32(14-16(15)12-31)26-29-10-18-22(34)21(24(35)28-9-17-5-4-8-27-17)25-33(23(18)30-26)19-6-2-3-7-20(19)36-25/h2-3,6-7,10,15-17,27H,4-5,8-9,11-14H2,1H3,(H,28,35)/t15?,16?,17-/m0/s1. The van der Waals surface area contributed by atoms with Crippen LogP contribution in [-0.4, -0.2) is 77.5 Å². The lowest BCUT2D eigenvalue weighted by Gasteiger charge is -2.19. The number of nitrogens with zero attached hydrogens (tertiary/aromatic N) is 5. The summed E-state index contributed by atoms with van der Waals surface area (Å²) in [5, 5.41) is 6.78. The van der Waals surface area contributed by atoms with Gasteiger partial charge in [0.1, 0.15) is 10.4 Å². The highest BCUT2D eigenvalue weighted by molar-refractivity contribution is 7.24. The number of para-hydroxylation sites is 1. The molecule has 0 bridgehead atoms. The molecule has 0 radical (unpaired) electrons. The Morgan fingerprint density at radius 2 is 2.00 bits per heavy atom. The van der Waals surface area contributed by atoms with Gasteiger partial charge in [0.25, 0.3) is 5.91 Å². The van der Waals surface area contributed by atoms with Crippen LogP contribution < -0.4 is 21.0 Å². The molecule has 1 aromatic carbocycles. The maximum atomic E-state index is 13.7. The number of fused-ring (bicyclic) bond motifs is 6. The van der Waals surface area contributed by atoms with Gasteiger partial charge in [-0.15, -0.1) is 11.3 Å². The minimum Gasteiger partial charge on any atom is -0.350 e. The average Bonchev–Trinajstić information content (AvgIpc) is 3.65. The monoisotopic (exact) mass is 503 g/mol. The fourth-order valence-electron chi connectivity index (χ4n) is 6.27. The molecule has 186 valence electrons. The largest absolute Gasteiger partial charge is 0.350 e. The number of hydrogen-bond acceptors (Lipinski definition) is 8. The Labute approximate surface area is 212 Å². The Morgan fingerprint density at radius 1 is 1.19 bits per heavy atom. The Kier molecular flexibility index (Phi) is 5.23. The van der Waals surface area contributed by atoms with E-state index in [-0.39, 0.29) is 22.9 Å². The summed E-state index contributed by atoms with van der Waals surface area (Å²) in [6.07, 6.45) is 3.75. The molecule has 2 unspecified atom stereocenters. The Morgan fingerprint density at radius 3 is 2.78 bits per heavy atom. The first-order valence-corrected chi connectivity index (χ1v) is 13.6. The Balaban J connectivity index is 1.35. The fraction of sp³-hybridized carbons (Fsp3) is 0.462. The summed E-state index contributed by atoms with van der Waals surface area (Å²) >= 11 is 1.46. The lowest BCUT2D eigenvalue weighted by atomic mass is 10.0. The number of carbonyl (C=O) groups is 1. The summed E-state index contributed by atoms with van der Waals surface area (Å²) in [4.78, 5) is 41.9. The van der Waals surface area contributed by atoms with Crippen LogP contribution in [0.25, 0.3) is 26.1 Å². The molecule has 0 aliphatic carbocycles. The van der Waals surface area contributed by atoms with Crippen LogP contribution >= 0.6 is 11.3 Å². The maximum Gasteiger partial charge on any atom is 0.258 e. The van der Waals surface area contributed by atoms with Crippen LogP contribution in [0.15, 0.2) is 35.3 Å². The van der Waals surface area contributed by atoms with Crippen molar-refractivity contribution in [3.63, 3.8) is 0 Å². The smallest absolute Gasteiger partial charge is 0.258 e. The van der Waals surface area contributed by atoms with E-state index in [2.05, 4.69) is 32.5 Å². The molecule has 1 amide bonds. The topological polar surface area (TPSA) is 94.9 Å². The van der Waals surface area contributed by atoms with Crippen LogP contribution in [0, 0.1) is 11.8 Å². The number of anilines is 1. The first kappa shape index (κ1) is 22.1. The van der Waals surface area contributed by atoms with Crippen LogP contribution in [0.4, 0.5) is 5.95 Å². The summed E-state index contributed by atoms with van der Waals surface area (Å²) in [6, 6.07) is 8.24. The normalized spacial score (nSPS) is 24.4. The molecule has 4 aromatic rings. The van der Waals surface area contributed by atoms with Crippen molar-refractivity contribution in [3.05, 3.63) is 46.2 Å². The van der Waals surface area contributed by atoms with E-state index < -0.39 is 0 Å². The number of carbonyl (C=O) groups excluding carboxylic acids is 1. The van der Waals surface area contributed by atoms with Gasteiger partial charge in [-0.25, -0.2) is 4.98 Å². The van der Waals surface area contributed by atoms with Gasteiger partial charge in [-0.1, -0.05) is 12.1 Å². The van der Waals surface area contributed by atoms with E-state index >= 15 is 0 Å². The molecule has 0 spiro atoms. The molecule has 10 heteroatoms. The molecule has 0 saturated carbocycles. The molecule has 3 aliphatic rings. The molecule has 6 heterocycles. The average molecular weight is 504 g/mol. The zero-order valence-electron chi connectivity index (χ0n) is 20.2. The van der Waals surface area contributed by atoms with Crippen molar-refractivity contribution in [2.75, 3.05) is 51.2 Å². The quantitative estimate of drug-likeness (QED) is 0.440. The van der Waals surface area contributed by atoms with Crippen LogP contribution in [0.5, 0.6) is 0 Å². The van der Waals surface area contributed by atoms with Gasteiger partial charge in [-0.3, -0.25) is 14.0 Å². The molecule has 3 aromatic heterocycles. The van der Waals surface area contributed by atoms with Crippen molar-refractivity contribution >= 4 is 49.3 Å². The highest BCUT2D eigenvalue weighted by atomic mass is 32.1. The van der Waals surface area contributed by atoms with E-state index in [0.717, 1.165) is 55.8 Å². The second-order valence-corrected chi connectivity index (χ2v) is 11.5. The van der Waals surface area contributed by atoms with Crippen LogP contribution in [-0.2, 0) is 0 Å². The first-order chi connectivity index (χ1) is 17.6. The van der Waals surface area contributed by atoms with Gasteiger partial charge in [-0.2, -0.15) is 4.98 Å². The number of likely N-dealkylation sites (tertiary alicyclic amines) is 1. The maximum absolute atomic E-state index is 13.7. The predicted octanol–water partition coefficient (Wildman–Crippen LogP) is 1.94. The molecule has 3 aliphatic heterocycles. The second kappa shape index (κ2) is 8.50. The van der Waals surface area contributed by atoms with Crippen molar-refractivity contribution in [1.29, 1.82) is 0 Å². The molecule has 2 N–H and O–H groups in total. The molecule has 3 atom stereocenters. The summed E-state index contributed by atoms with van der Waals surface area (Å²) < 4.78 is 2.99. The van der Waals surface area contributed by atoms with E-state index in [1.165, 1.54) is 11.3 Å². The predicted molar refractivity (Wildman–Crippen MR) is 142 cm³/mol. The SMILES string of the molecule is CN1CC2CN(c3ncc4c(=O)c(C(=O)NC[C@@H]5CCCN5)c5sc6ccccc6n5c4n3)CC2C1. The summed E-state index contributed by atoms with van der Waals surface area (Å²) in [6.45, 7) is 5.53. The number of rotatable bonds is 4. The van der Waals surface area contributed by atoms with Gasteiger partial charge in [0.15, 0.2) is 5.65 Å². The Hall–Kier alpha value is -3.08. The van der Waals surface area contributed by atoms with E-state index in [1.54, 1.807) is 6.20 Å². The Bertz CT molecular complexity index is 1540. The third-order valence-electron chi connectivity index (χ3n) is 8.02. The highest BCUT2D eigenvalue weighted by Gasteiger charge is 2.39. The number of nitrogens with one attached hydrogen (secondary N) is 2. The fourth-order valence-corrected chi connectivity index (χ4v) is 7.45. The third kappa shape index (κ3) is 3.50. The van der Waals surface area contributed by atoms with Gasteiger partial charge >= 0.3 is 0 Å². The number of aromatic nitrogens is 3. The van der Waals surface area contributed by atoms with E-state index in [4.69, 9.17) is 4.98 Å². The lowest BCUT2D eigenvalue weighted by Crippen LogP contribution is -2.39. The minimum absolute atomic E-state index is 0.178. The van der Waals surface area contributed by atoms with Gasteiger partial charge < -0.3 is 20.4 Å². The number of hydrogen-bond donors (Lipinski definition) is 2. The van der Waals surface area contributed by atoms with E-state index in [1.807, 2.05) is 28.7 Å². The summed E-state index contributed by atoms with van der Waals surface area (Å²) in [5.41, 5.74) is 1.39. The zero-order valence-corrected chi connectivity index (χ0v) is 21.1. The zero-order chi connectivity index (χ0) is 24.4. The second-order valence-electron chi connectivity index (χ2n) is 10.5. The van der Waals surface area contributed by atoms with Crippen LogP contribution in [0.2, 0.25) is 0 Å². The molecule has 3 saturated heterocycles. The van der Waals surface area contributed by atoms with Gasteiger partial charge in [-0.05, 0) is 50.4 Å². The molecular weight excluding hydrogens is 474 g/mol. The minimum atomic E-state index is -0.333. The van der Waals surface area contributed by atoms with Gasteiger partial charge in [0.05, 0.1) is 15.6 Å². The summed E-state index contributed by atoms with van der Waals surface area (Å²) in [7, 11) is 2.18. The molecule has 7 rings (SSSR count). The lowest BCUT2D eigenvalue weighted by molar-refractivity contribution is 0.0951. The highest BCUT2D eigenvalue weighted by Crippen LogP contribution is 2.34. The third-order valence-corrected chi connectivity index (χ3v) is 9.16. The van der Waals surface area contributed by atoms with Crippen molar-refractivity contribution in [2.45, 2.75) is 18.9 Å². The summed E-state index contributed by atoms with van der Waals surface area (Å²) in [5.74, 6) is 1.58. The van der Waals surface area contributed by atoms with Crippen LogP contribution in [0.1, 0.15) is 23.2 Å². The number of thiazole rings is 1. The molecular formula is C26H29N7O2S. The van der Waals surface area contributed by atoms with Crippen molar-refractivity contribution in [3.8, 4) is 0 Å². The number of amides is 1. The van der Waals surface area contributed by atoms with Crippen molar-refractivity contribution in [2.24, 2.45) is 11.8 Å². The molecule has 36 heavy (non-hydrogen) atoms. The number of benzene rings is 1. The van der Waals surface area contributed by atoms with Gasteiger partial charge in [0, 0.05) is 45.0 Å². The van der Waals surface area contributed by atoms with Crippen molar-refractivity contribution in [1.82, 2.24) is 29.9 Å². The first-order valence-electron chi connectivity index (χ1n) is 12.7. The van der Waals surface area contributed by atoms with Crippen LogP contribution in [0.3, 0.4) is 0 Å². The van der Waals surface area contributed by atoms with E-state index in [9.17, 15) is 9.59 Å². The van der Waals surface area contributed by atoms with E-state index in [0.29, 0.717) is 40.2 Å². The molecule has 9 nitrogen and oxygen atoms in total. The number of pyridine rings is 1. The molecule has 3 fully saturated rings. The van der Waals surface area contributed by atoms with Gasteiger partial charge in [0.2, 0.25) is 11.4 Å².